The Labute approximate surface area is 97.8 Å². The Kier molecular flexibility index (Phi) is 4.57. The quantitative estimate of drug-likeness (QED) is 0.401. The van der Waals surface area contributed by atoms with E-state index in [1.165, 1.54) is 11.8 Å². The number of amidine groups is 1. The normalized spacial score (nSPS) is 18.3. The predicted octanol–water partition coefficient (Wildman–Crippen LogP) is -0.105. The zero-order valence-corrected chi connectivity index (χ0v) is 9.74. The molecule has 0 saturated carbocycles. The fraction of sp³-hybridized carbons (Fsp3) is 0.375. The largest absolute Gasteiger partial charge is 0.392 e. The SMILES string of the molecule is C=CCN1C(=O)CS/C1=N\NCC(N)=S. The number of hydrogen-bond acceptors (Lipinski definition) is 5. The maximum Gasteiger partial charge on any atom is 0.239 e. The lowest BCUT2D eigenvalue weighted by molar-refractivity contribution is -0.123. The summed E-state index contributed by atoms with van der Waals surface area (Å²) in [5.41, 5.74) is 8.00. The summed E-state index contributed by atoms with van der Waals surface area (Å²) in [5.74, 6) is 0.456. The van der Waals surface area contributed by atoms with Crippen molar-refractivity contribution in [3.05, 3.63) is 12.7 Å². The molecule has 0 spiro atoms. The molecule has 7 heteroatoms. The molecule has 1 aliphatic rings. The maximum atomic E-state index is 11.4. The van der Waals surface area contributed by atoms with Gasteiger partial charge in [-0.2, -0.15) is 5.10 Å². The molecule has 0 aromatic rings. The summed E-state index contributed by atoms with van der Waals surface area (Å²) in [6.45, 7) is 4.38. The number of thioether (sulfide) groups is 1. The predicted molar refractivity (Wildman–Crippen MR) is 66.6 cm³/mol. The molecule has 82 valence electrons. The minimum atomic E-state index is 0.0378. The summed E-state index contributed by atoms with van der Waals surface area (Å²) in [6.07, 6.45) is 1.66. The van der Waals surface area contributed by atoms with Crippen LogP contribution < -0.4 is 11.2 Å². The van der Waals surface area contributed by atoms with Crippen LogP contribution in [-0.4, -0.2) is 39.8 Å². The van der Waals surface area contributed by atoms with Crippen LogP contribution in [0, 0.1) is 0 Å². The number of amides is 1. The van der Waals surface area contributed by atoms with E-state index in [9.17, 15) is 4.79 Å². The third kappa shape index (κ3) is 3.52. The number of nitrogens with two attached hydrogens (primary N) is 1. The van der Waals surface area contributed by atoms with E-state index < -0.39 is 0 Å². The molecule has 0 radical (unpaired) electrons. The molecule has 15 heavy (non-hydrogen) atoms. The van der Waals surface area contributed by atoms with E-state index in [0.29, 0.717) is 29.0 Å². The van der Waals surface area contributed by atoms with Crippen molar-refractivity contribution in [3.8, 4) is 0 Å². The van der Waals surface area contributed by atoms with Crippen LogP contribution in [0.5, 0.6) is 0 Å². The highest BCUT2D eigenvalue weighted by Gasteiger charge is 2.26. The fourth-order valence-electron chi connectivity index (χ4n) is 0.976. The molecule has 0 aliphatic carbocycles. The van der Waals surface area contributed by atoms with Gasteiger partial charge in [0.2, 0.25) is 5.91 Å². The van der Waals surface area contributed by atoms with E-state index in [0.717, 1.165) is 0 Å². The van der Waals surface area contributed by atoms with E-state index in [-0.39, 0.29) is 5.91 Å². The third-order valence-corrected chi connectivity index (χ3v) is 2.70. The van der Waals surface area contributed by atoms with Crippen LogP contribution in [0.3, 0.4) is 0 Å². The summed E-state index contributed by atoms with van der Waals surface area (Å²) in [7, 11) is 0. The van der Waals surface area contributed by atoms with Crippen molar-refractivity contribution in [1.29, 1.82) is 0 Å². The van der Waals surface area contributed by atoms with Crippen LogP contribution in [0.1, 0.15) is 0 Å². The van der Waals surface area contributed by atoms with E-state index in [1.54, 1.807) is 11.0 Å². The second-order valence-corrected chi connectivity index (χ2v) is 4.24. The van der Waals surface area contributed by atoms with E-state index in [2.05, 4.69) is 29.3 Å². The molecule has 5 nitrogen and oxygen atoms in total. The van der Waals surface area contributed by atoms with Crippen molar-refractivity contribution < 1.29 is 4.79 Å². The van der Waals surface area contributed by atoms with Crippen LogP contribution >= 0.6 is 24.0 Å². The lowest BCUT2D eigenvalue weighted by Gasteiger charge is -2.12. The zero-order valence-electron chi connectivity index (χ0n) is 8.10. The summed E-state index contributed by atoms with van der Waals surface area (Å²) < 4.78 is 0. The molecule has 1 heterocycles. The van der Waals surface area contributed by atoms with Crippen LogP contribution in [-0.2, 0) is 4.79 Å². The Balaban J connectivity index is 2.55. The fourth-order valence-corrected chi connectivity index (χ4v) is 1.91. The Morgan fingerprint density at radius 1 is 1.87 bits per heavy atom. The number of hydrazone groups is 1. The minimum Gasteiger partial charge on any atom is -0.392 e. The van der Waals surface area contributed by atoms with Gasteiger partial charge in [-0.15, -0.1) is 6.58 Å². The first kappa shape index (κ1) is 12.0. The number of carbonyl (C=O) groups excluding carboxylic acids is 1. The molecule has 1 amide bonds. The van der Waals surface area contributed by atoms with E-state index in [1.807, 2.05) is 0 Å². The third-order valence-electron chi connectivity index (χ3n) is 1.60. The molecule has 0 atom stereocenters. The highest BCUT2D eigenvalue weighted by atomic mass is 32.2. The van der Waals surface area contributed by atoms with E-state index in [4.69, 9.17) is 5.73 Å². The topological polar surface area (TPSA) is 70.7 Å². The van der Waals surface area contributed by atoms with Gasteiger partial charge in [0.25, 0.3) is 0 Å². The van der Waals surface area contributed by atoms with Crippen molar-refractivity contribution in [2.75, 3.05) is 18.8 Å². The van der Waals surface area contributed by atoms with Crippen LogP contribution in [0.4, 0.5) is 0 Å². The lowest BCUT2D eigenvalue weighted by atomic mass is 10.5. The number of thiocarbonyl (C=S) groups is 1. The molecule has 0 unspecified atom stereocenters. The second-order valence-electron chi connectivity index (χ2n) is 2.78. The maximum absolute atomic E-state index is 11.4. The van der Waals surface area contributed by atoms with Crippen molar-refractivity contribution in [2.45, 2.75) is 0 Å². The Hall–Kier alpha value is -1.08. The van der Waals surface area contributed by atoms with Crippen molar-refractivity contribution in [3.63, 3.8) is 0 Å². The Morgan fingerprint density at radius 2 is 2.60 bits per heavy atom. The molecule has 1 rings (SSSR count). The molecule has 0 aromatic carbocycles. The van der Waals surface area contributed by atoms with Gasteiger partial charge in [-0.05, 0) is 0 Å². The Bertz CT molecular complexity index is 316. The number of carbonyl (C=O) groups is 1. The molecule has 1 fully saturated rings. The van der Waals surface area contributed by atoms with Gasteiger partial charge in [0.05, 0.1) is 17.3 Å². The van der Waals surface area contributed by atoms with Crippen LogP contribution in [0.15, 0.2) is 17.8 Å². The summed E-state index contributed by atoms with van der Waals surface area (Å²) in [5, 5.41) is 4.67. The summed E-state index contributed by atoms with van der Waals surface area (Å²) >= 11 is 6.06. The van der Waals surface area contributed by atoms with Crippen molar-refractivity contribution >= 4 is 40.0 Å². The van der Waals surface area contributed by atoms with Gasteiger partial charge in [0, 0.05) is 6.54 Å². The first-order valence-corrected chi connectivity index (χ1v) is 5.67. The van der Waals surface area contributed by atoms with Crippen LogP contribution in [0.25, 0.3) is 0 Å². The van der Waals surface area contributed by atoms with Crippen LogP contribution in [0.2, 0.25) is 0 Å². The minimum absolute atomic E-state index is 0.0378. The summed E-state index contributed by atoms with van der Waals surface area (Å²) in [4.78, 5) is 13.3. The molecule has 0 bridgehead atoms. The highest BCUT2D eigenvalue weighted by Crippen LogP contribution is 2.18. The van der Waals surface area contributed by atoms with Gasteiger partial charge in [0.1, 0.15) is 0 Å². The zero-order chi connectivity index (χ0) is 11.3. The molecule has 3 N–H and O–H groups in total. The second kappa shape index (κ2) is 5.72. The van der Waals surface area contributed by atoms with Gasteiger partial charge in [-0.3, -0.25) is 9.69 Å². The van der Waals surface area contributed by atoms with Crippen molar-refractivity contribution in [2.24, 2.45) is 10.8 Å². The molecule has 1 aliphatic heterocycles. The molecular weight excluding hydrogens is 232 g/mol. The van der Waals surface area contributed by atoms with Gasteiger partial charge < -0.3 is 11.2 Å². The first-order valence-electron chi connectivity index (χ1n) is 4.28. The average molecular weight is 244 g/mol. The highest BCUT2D eigenvalue weighted by molar-refractivity contribution is 8.15. The Morgan fingerprint density at radius 3 is 3.20 bits per heavy atom. The van der Waals surface area contributed by atoms with Gasteiger partial charge >= 0.3 is 0 Å². The van der Waals surface area contributed by atoms with E-state index >= 15 is 0 Å². The van der Waals surface area contributed by atoms with Gasteiger partial charge in [-0.1, -0.05) is 30.1 Å². The first-order chi connectivity index (χ1) is 7.15. The number of rotatable bonds is 5. The molecular formula is C8H12N4OS2. The summed E-state index contributed by atoms with van der Waals surface area (Å²) in [6, 6.07) is 0. The number of hydrogen-bond donors (Lipinski definition) is 2. The lowest BCUT2D eigenvalue weighted by Crippen LogP contribution is -2.32. The monoisotopic (exact) mass is 244 g/mol. The smallest absolute Gasteiger partial charge is 0.239 e. The van der Waals surface area contributed by atoms with Gasteiger partial charge in [-0.25, -0.2) is 0 Å². The molecule has 1 saturated heterocycles. The standard InChI is InChI=1S/C8H12N4OS2/c1-2-3-12-7(13)5-15-8(12)11-10-4-6(9)14/h2,10H,1,3-5H2,(H2,9,14)/b11-8-. The average Bonchev–Trinajstić information content (AvgIpc) is 2.50. The van der Waals surface area contributed by atoms with Gasteiger partial charge in [0.15, 0.2) is 5.17 Å². The number of nitrogens with one attached hydrogen (secondary N) is 1. The number of nitrogens with zero attached hydrogens (tertiary/aromatic N) is 2. The van der Waals surface area contributed by atoms with Crippen molar-refractivity contribution in [1.82, 2.24) is 10.3 Å². The molecule has 0 aromatic heterocycles.